The summed E-state index contributed by atoms with van der Waals surface area (Å²) in [5.74, 6) is 1.94. The van der Waals surface area contributed by atoms with Gasteiger partial charge >= 0.3 is 0 Å². The summed E-state index contributed by atoms with van der Waals surface area (Å²) in [5.41, 5.74) is 3.36. The lowest BCUT2D eigenvalue weighted by atomic mass is 9.91. The van der Waals surface area contributed by atoms with Gasteiger partial charge in [-0.1, -0.05) is 49.4 Å². The number of H-pyrrole nitrogens is 1. The number of para-hydroxylation sites is 1. The molecule has 1 N–H and O–H groups in total. The van der Waals surface area contributed by atoms with Crippen LogP contribution in [0.4, 0.5) is 0 Å². The number of nitrogens with zero attached hydrogens (tertiary/aromatic N) is 3. The van der Waals surface area contributed by atoms with Crippen LogP contribution in [0.25, 0.3) is 11.1 Å². The van der Waals surface area contributed by atoms with Crippen LogP contribution in [0.2, 0.25) is 0 Å². The molecule has 0 spiro atoms. The van der Waals surface area contributed by atoms with E-state index in [0.29, 0.717) is 6.42 Å². The second kappa shape index (κ2) is 10.5. The third kappa shape index (κ3) is 5.02. The van der Waals surface area contributed by atoms with E-state index in [9.17, 15) is 4.79 Å². The zero-order valence-corrected chi connectivity index (χ0v) is 19.0. The highest BCUT2D eigenvalue weighted by molar-refractivity contribution is 5.81. The number of methoxy groups -OCH3 is 1. The van der Waals surface area contributed by atoms with Gasteiger partial charge in [0.1, 0.15) is 11.6 Å². The fraction of sp³-hybridized carbons (Fsp3) is 0.385. The summed E-state index contributed by atoms with van der Waals surface area (Å²) in [6.45, 7) is 6.00. The Hall–Kier alpha value is -3.12. The molecule has 3 aromatic rings. The third-order valence-electron chi connectivity index (χ3n) is 6.13. The zero-order valence-electron chi connectivity index (χ0n) is 19.0. The van der Waals surface area contributed by atoms with Gasteiger partial charge in [0.25, 0.3) is 0 Å². The van der Waals surface area contributed by atoms with Crippen molar-refractivity contribution in [2.24, 2.45) is 5.92 Å². The Balaban J connectivity index is 1.62. The maximum Gasteiger partial charge on any atom is 0.227 e. The minimum Gasteiger partial charge on any atom is -0.496 e. The van der Waals surface area contributed by atoms with Gasteiger partial charge in [-0.05, 0) is 30.0 Å². The molecule has 6 heteroatoms. The predicted octanol–water partition coefficient (Wildman–Crippen LogP) is 4.00. The summed E-state index contributed by atoms with van der Waals surface area (Å²) >= 11 is 0. The van der Waals surface area contributed by atoms with Gasteiger partial charge in [0.05, 0.1) is 19.6 Å². The highest BCUT2D eigenvalue weighted by atomic mass is 16.5. The molecule has 1 fully saturated rings. The molecule has 2 heterocycles. The first-order valence-corrected chi connectivity index (χ1v) is 11.4. The highest BCUT2D eigenvalue weighted by Gasteiger charge is 2.31. The van der Waals surface area contributed by atoms with E-state index in [1.807, 2.05) is 35.4 Å². The average Bonchev–Trinajstić information content (AvgIpc) is 3.29. The molecule has 168 valence electrons. The molecule has 4 rings (SSSR count). The van der Waals surface area contributed by atoms with Crippen molar-refractivity contribution in [3.63, 3.8) is 0 Å². The van der Waals surface area contributed by atoms with E-state index < -0.39 is 0 Å². The molecule has 0 aliphatic carbocycles. The second-order valence-electron chi connectivity index (χ2n) is 8.35. The molecule has 0 radical (unpaired) electrons. The van der Waals surface area contributed by atoms with Crippen LogP contribution < -0.4 is 4.74 Å². The Morgan fingerprint density at radius 2 is 1.88 bits per heavy atom. The number of aromatic nitrogens is 2. The van der Waals surface area contributed by atoms with E-state index >= 15 is 0 Å². The first-order valence-electron chi connectivity index (χ1n) is 11.4. The molecule has 1 aliphatic heterocycles. The van der Waals surface area contributed by atoms with Crippen LogP contribution in [0, 0.1) is 5.92 Å². The molecule has 1 aromatic heterocycles. The van der Waals surface area contributed by atoms with Crippen molar-refractivity contribution in [3.05, 3.63) is 72.3 Å². The number of carbonyl (C=O) groups excluding carboxylic acids is 1. The summed E-state index contributed by atoms with van der Waals surface area (Å²) in [6.07, 6.45) is 5.29. The first kappa shape index (κ1) is 22.1. The van der Waals surface area contributed by atoms with Crippen LogP contribution in [0.3, 0.4) is 0 Å². The molecule has 1 aliphatic rings. The van der Waals surface area contributed by atoms with Crippen LogP contribution in [-0.2, 0) is 17.8 Å². The number of benzene rings is 2. The van der Waals surface area contributed by atoms with Gasteiger partial charge in [0, 0.05) is 44.1 Å². The zero-order chi connectivity index (χ0) is 22.3. The van der Waals surface area contributed by atoms with Crippen LogP contribution in [-0.4, -0.2) is 59.0 Å². The Morgan fingerprint density at radius 1 is 1.09 bits per heavy atom. The van der Waals surface area contributed by atoms with Crippen molar-refractivity contribution in [1.82, 2.24) is 19.8 Å². The molecule has 0 bridgehead atoms. The molecule has 1 atom stereocenters. The number of hydrogen-bond donors (Lipinski definition) is 1. The Kier molecular flexibility index (Phi) is 7.22. The van der Waals surface area contributed by atoms with Crippen molar-refractivity contribution in [2.75, 3.05) is 33.3 Å². The topological polar surface area (TPSA) is 61.5 Å². The number of aromatic amines is 1. The number of carbonyl (C=O) groups is 1. The van der Waals surface area contributed by atoms with Crippen LogP contribution in [0.1, 0.15) is 24.7 Å². The molecule has 2 aromatic carbocycles. The first-order chi connectivity index (χ1) is 15.7. The van der Waals surface area contributed by atoms with Crippen LogP contribution >= 0.6 is 0 Å². The van der Waals surface area contributed by atoms with E-state index in [1.165, 1.54) is 5.56 Å². The lowest BCUT2D eigenvalue weighted by Crippen LogP contribution is -2.37. The second-order valence-corrected chi connectivity index (χ2v) is 8.35. The van der Waals surface area contributed by atoms with Gasteiger partial charge < -0.3 is 14.6 Å². The fourth-order valence-electron chi connectivity index (χ4n) is 4.59. The molecule has 1 saturated heterocycles. The molecule has 32 heavy (non-hydrogen) atoms. The standard InChI is InChI=1S/C26H32N4O2/c1-3-14-30-16-15-29(19-25-27-12-13-28-25)18-21(26(30)31)17-20-8-4-5-9-22(20)23-10-6-7-11-24(23)32-2/h4-13,21H,3,14-19H2,1-2H3,(H,27,28)/t21-/m0/s1. The van der Waals surface area contributed by atoms with Crippen molar-refractivity contribution in [3.8, 4) is 16.9 Å². The summed E-state index contributed by atoms with van der Waals surface area (Å²) < 4.78 is 5.62. The molecular formula is C26H32N4O2. The van der Waals surface area contributed by atoms with Gasteiger partial charge in [-0.15, -0.1) is 0 Å². The Labute approximate surface area is 190 Å². The lowest BCUT2D eigenvalue weighted by Gasteiger charge is -2.24. The van der Waals surface area contributed by atoms with E-state index in [-0.39, 0.29) is 11.8 Å². The normalized spacial score (nSPS) is 17.4. The number of amides is 1. The molecule has 1 amide bonds. The van der Waals surface area contributed by atoms with Gasteiger partial charge in [0.2, 0.25) is 5.91 Å². The predicted molar refractivity (Wildman–Crippen MR) is 126 cm³/mol. The number of hydrogen-bond acceptors (Lipinski definition) is 4. The maximum absolute atomic E-state index is 13.5. The number of rotatable bonds is 8. The average molecular weight is 433 g/mol. The molecule has 6 nitrogen and oxygen atoms in total. The van der Waals surface area contributed by atoms with Gasteiger partial charge in [-0.3, -0.25) is 9.69 Å². The maximum atomic E-state index is 13.5. The van der Waals surface area contributed by atoms with Crippen LogP contribution in [0.5, 0.6) is 5.75 Å². The summed E-state index contributed by atoms with van der Waals surface area (Å²) in [4.78, 5) is 25.5. The Bertz CT molecular complexity index is 1020. The largest absolute Gasteiger partial charge is 0.496 e. The van der Waals surface area contributed by atoms with E-state index in [4.69, 9.17) is 4.74 Å². The highest BCUT2D eigenvalue weighted by Crippen LogP contribution is 2.33. The third-order valence-corrected chi connectivity index (χ3v) is 6.13. The van der Waals surface area contributed by atoms with Crippen molar-refractivity contribution in [2.45, 2.75) is 26.3 Å². The lowest BCUT2D eigenvalue weighted by molar-refractivity contribution is -0.134. The van der Waals surface area contributed by atoms with Gasteiger partial charge in [0.15, 0.2) is 0 Å². The molecular weight excluding hydrogens is 400 g/mol. The van der Waals surface area contributed by atoms with E-state index in [0.717, 1.165) is 61.8 Å². The van der Waals surface area contributed by atoms with Crippen molar-refractivity contribution >= 4 is 5.91 Å². The summed E-state index contributed by atoms with van der Waals surface area (Å²) in [5, 5.41) is 0. The van der Waals surface area contributed by atoms with Gasteiger partial charge in [-0.25, -0.2) is 4.98 Å². The minimum atomic E-state index is -0.102. The summed E-state index contributed by atoms with van der Waals surface area (Å²) in [6, 6.07) is 16.4. The Morgan fingerprint density at radius 3 is 2.62 bits per heavy atom. The van der Waals surface area contributed by atoms with Crippen molar-refractivity contribution < 1.29 is 9.53 Å². The van der Waals surface area contributed by atoms with E-state index in [1.54, 1.807) is 13.3 Å². The van der Waals surface area contributed by atoms with Crippen LogP contribution in [0.15, 0.2) is 60.9 Å². The number of nitrogens with one attached hydrogen (secondary N) is 1. The molecule has 0 saturated carbocycles. The molecule has 0 unspecified atom stereocenters. The van der Waals surface area contributed by atoms with Gasteiger partial charge in [-0.2, -0.15) is 0 Å². The van der Waals surface area contributed by atoms with E-state index in [2.05, 4.69) is 46.1 Å². The monoisotopic (exact) mass is 432 g/mol. The smallest absolute Gasteiger partial charge is 0.227 e. The number of imidazole rings is 1. The van der Waals surface area contributed by atoms with Crippen molar-refractivity contribution in [1.29, 1.82) is 0 Å². The quantitative estimate of drug-likeness (QED) is 0.585. The summed E-state index contributed by atoms with van der Waals surface area (Å²) in [7, 11) is 1.70. The fourth-order valence-corrected chi connectivity index (χ4v) is 4.59. The SMILES string of the molecule is CCCN1CCN(Cc2ncc[nH]2)C[C@H](Cc2ccccc2-c2ccccc2OC)C1=O. The minimum absolute atomic E-state index is 0.102. The number of ether oxygens (including phenoxy) is 1.